The molecule has 0 radical (unpaired) electrons. The summed E-state index contributed by atoms with van der Waals surface area (Å²) in [6, 6.07) is 4.21. The van der Waals surface area contributed by atoms with E-state index in [1.54, 1.807) is 0 Å². The van der Waals surface area contributed by atoms with Crippen molar-refractivity contribution >= 4 is 33.2 Å². The molecule has 0 aliphatic heterocycles. The Morgan fingerprint density at radius 1 is 1.26 bits per heavy atom. The number of nitrogens with one attached hydrogen (secondary N) is 1. The summed E-state index contributed by atoms with van der Waals surface area (Å²) in [4.78, 5) is 0. The zero-order valence-electron chi connectivity index (χ0n) is 11.5. The molecule has 1 N–H and O–H groups in total. The average molecular weight is 343 g/mol. The van der Waals surface area contributed by atoms with Crippen LogP contribution in [0.4, 0.5) is 5.69 Å². The molecule has 0 atom stereocenters. The average Bonchev–Trinajstić information content (AvgIpc) is 2.53. The lowest BCUT2D eigenvalue weighted by Gasteiger charge is -2.13. The number of hydrogen-bond acceptors (Lipinski definition) is 2. The first-order chi connectivity index (χ1) is 8.90. The van der Waals surface area contributed by atoms with Gasteiger partial charge in [0, 0.05) is 17.2 Å². The van der Waals surface area contributed by atoms with Gasteiger partial charge in [0.25, 0.3) is 0 Å². The number of rotatable bonds is 3. The van der Waals surface area contributed by atoms with Crippen molar-refractivity contribution in [3.8, 4) is 0 Å². The Kier molecular flexibility index (Phi) is 4.21. The van der Waals surface area contributed by atoms with Crippen LogP contribution in [0, 0.1) is 20.8 Å². The van der Waals surface area contributed by atoms with E-state index < -0.39 is 0 Å². The second-order valence-electron chi connectivity index (χ2n) is 4.74. The Bertz CT molecular complexity index is 596. The lowest BCUT2D eigenvalue weighted by atomic mass is 10.1. The van der Waals surface area contributed by atoms with Gasteiger partial charge < -0.3 is 5.32 Å². The van der Waals surface area contributed by atoms with Crippen molar-refractivity contribution in [3.63, 3.8) is 0 Å². The molecule has 0 spiro atoms. The SMILES string of the molecule is Cc1cc(Br)cc(C)c1NCc1c(Cl)c(C)nn1C. The molecule has 1 aromatic heterocycles. The Labute approximate surface area is 127 Å². The molecule has 102 valence electrons. The second kappa shape index (κ2) is 5.55. The Morgan fingerprint density at radius 3 is 2.32 bits per heavy atom. The van der Waals surface area contributed by atoms with Gasteiger partial charge in [-0.1, -0.05) is 27.5 Å². The Balaban J connectivity index is 2.24. The lowest BCUT2D eigenvalue weighted by Crippen LogP contribution is -2.08. The van der Waals surface area contributed by atoms with Gasteiger partial charge in [0.15, 0.2) is 0 Å². The van der Waals surface area contributed by atoms with E-state index in [9.17, 15) is 0 Å². The number of benzene rings is 1. The van der Waals surface area contributed by atoms with Crippen LogP contribution < -0.4 is 5.32 Å². The number of hydrogen-bond donors (Lipinski definition) is 1. The third kappa shape index (κ3) is 2.95. The fourth-order valence-electron chi connectivity index (χ4n) is 2.23. The van der Waals surface area contributed by atoms with Gasteiger partial charge >= 0.3 is 0 Å². The summed E-state index contributed by atoms with van der Waals surface area (Å²) in [5.74, 6) is 0. The van der Waals surface area contributed by atoms with Crippen LogP contribution in [0.25, 0.3) is 0 Å². The quantitative estimate of drug-likeness (QED) is 0.897. The van der Waals surface area contributed by atoms with E-state index >= 15 is 0 Å². The van der Waals surface area contributed by atoms with Crippen LogP contribution in [-0.4, -0.2) is 9.78 Å². The van der Waals surface area contributed by atoms with E-state index in [2.05, 4.69) is 52.3 Å². The summed E-state index contributed by atoms with van der Waals surface area (Å²) >= 11 is 9.76. The molecule has 3 nitrogen and oxygen atoms in total. The maximum Gasteiger partial charge on any atom is 0.0865 e. The molecule has 2 rings (SSSR count). The van der Waals surface area contributed by atoms with Crippen LogP contribution in [0.5, 0.6) is 0 Å². The molecule has 0 aliphatic rings. The van der Waals surface area contributed by atoms with Gasteiger partial charge in [0.05, 0.1) is 23.0 Å². The summed E-state index contributed by atoms with van der Waals surface area (Å²) in [6.45, 7) is 6.77. The van der Waals surface area contributed by atoms with Gasteiger partial charge in [0.2, 0.25) is 0 Å². The van der Waals surface area contributed by atoms with Gasteiger partial charge in [-0.3, -0.25) is 4.68 Å². The van der Waals surface area contributed by atoms with E-state index in [1.807, 2.05) is 18.7 Å². The van der Waals surface area contributed by atoms with Crippen molar-refractivity contribution in [1.29, 1.82) is 0 Å². The first-order valence-corrected chi connectivity index (χ1v) is 7.26. The first-order valence-electron chi connectivity index (χ1n) is 6.08. The lowest BCUT2D eigenvalue weighted by molar-refractivity contribution is 0.713. The topological polar surface area (TPSA) is 29.9 Å². The third-order valence-corrected chi connectivity index (χ3v) is 4.14. The zero-order valence-corrected chi connectivity index (χ0v) is 13.9. The molecule has 2 aromatic rings. The van der Waals surface area contributed by atoms with E-state index in [-0.39, 0.29) is 0 Å². The number of nitrogens with zero attached hydrogens (tertiary/aromatic N) is 2. The number of aromatic nitrogens is 2. The van der Waals surface area contributed by atoms with E-state index in [1.165, 1.54) is 11.1 Å². The number of halogens is 2. The van der Waals surface area contributed by atoms with E-state index in [0.29, 0.717) is 6.54 Å². The molecule has 0 aliphatic carbocycles. The smallest absolute Gasteiger partial charge is 0.0865 e. The number of anilines is 1. The van der Waals surface area contributed by atoms with Crippen LogP contribution >= 0.6 is 27.5 Å². The van der Waals surface area contributed by atoms with E-state index in [4.69, 9.17) is 11.6 Å². The van der Waals surface area contributed by atoms with Crippen LogP contribution in [-0.2, 0) is 13.6 Å². The summed E-state index contributed by atoms with van der Waals surface area (Å²) in [5, 5.41) is 8.51. The minimum absolute atomic E-state index is 0.666. The molecular formula is C14H17BrClN3. The van der Waals surface area contributed by atoms with Crippen molar-refractivity contribution in [1.82, 2.24) is 9.78 Å². The molecule has 0 saturated carbocycles. The molecule has 0 fully saturated rings. The monoisotopic (exact) mass is 341 g/mol. The first kappa shape index (κ1) is 14.4. The predicted molar refractivity (Wildman–Crippen MR) is 83.9 cm³/mol. The number of aryl methyl sites for hydroxylation is 4. The van der Waals surface area contributed by atoms with Crippen molar-refractivity contribution in [2.75, 3.05) is 5.32 Å². The van der Waals surface area contributed by atoms with Gasteiger partial charge in [-0.2, -0.15) is 5.10 Å². The molecule has 0 unspecified atom stereocenters. The minimum atomic E-state index is 0.666. The highest BCUT2D eigenvalue weighted by atomic mass is 79.9. The summed E-state index contributed by atoms with van der Waals surface area (Å²) in [5.41, 5.74) is 5.44. The van der Waals surface area contributed by atoms with Crippen LogP contribution in [0.15, 0.2) is 16.6 Å². The summed E-state index contributed by atoms with van der Waals surface area (Å²) < 4.78 is 2.93. The fraction of sp³-hybridized carbons (Fsp3) is 0.357. The Hall–Kier alpha value is -1.00. The standard InChI is InChI=1S/C14H17BrClN3/c1-8-5-11(15)6-9(2)14(8)17-7-12-13(16)10(3)18-19(12)4/h5-6,17H,7H2,1-4H3. The zero-order chi connectivity index (χ0) is 14.2. The molecule has 5 heteroatoms. The van der Waals surface area contributed by atoms with Crippen molar-refractivity contribution in [2.45, 2.75) is 27.3 Å². The highest BCUT2D eigenvalue weighted by Gasteiger charge is 2.12. The highest BCUT2D eigenvalue weighted by molar-refractivity contribution is 9.10. The molecular weight excluding hydrogens is 326 g/mol. The molecule has 0 saturated heterocycles. The van der Waals surface area contributed by atoms with E-state index in [0.717, 1.165) is 26.6 Å². The summed E-state index contributed by atoms with van der Waals surface area (Å²) in [6.07, 6.45) is 0. The Morgan fingerprint density at radius 2 is 1.84 bits per heavy atom. The predicted octanol–water partition coefficient (Wildman–Crippen LogP) is 4.37. The summed E-state index contributed by atoms with van der Waals surface area (Å²) in [7, 11) is 1.91. The molecule has 0 bridgehead atoms. The van der Waals surface area contributed by atoms with Crippen molar-refractivity contribution in [2.24, 2.45) is 7.05 Å². The molecule has 1 heterocycles. The van der Waals surface area contributed by atoms with Gasteiger partial charge in [-0.15, -0.1) is 0 Å². The maximum absolute atomic E-state index is 6.25. The van der Waals surface area contributed by atoms with Crippen molar-refractivity contribution in [3.05, 3.63) is 44.1 Å². The van der Waals surface area contributed by atoms with Crippen LogP contribution in [0.3, 0.4) is 0 Å². The highest BCUT2D eigenvalue weighted by Crippen LogP contribution is 2.27. The van der Waals surface area contributed by atoms with Gasteiger partial charge in [-0.05, 0) is 44.0 Å². The molecule has 19 heavy (non-hydrogen) atoms. The minimum Gasteiger partial charge on any atom is -0.379 e. The van der Waals surface area contributed by atoms with Crippen LogP contribution in [0.2, 0.25) is 5.02 Å². The maximum atomic E-state index is 6.25. The van der Waals surface area contributed by atoms with Crippen molar-refractivity contribution < 1.29 is 0 Å². The van der Waals surface area contributed by atoms with Crippen LogP contribution in [0.1, 0.15) is 22.5 Å². The normalized spacial score (nSPS) is 10.8. The van der Waals surface area contributed by atoms with Gasteiger partial charge in [0.1, 0.15) is 0 Å². The third-order valence-electron chi connectivity index (χ3n) is 3.19. The second-order valence-corrected chi connectivity index (χ2v) is 6.03. The fourth-order valence-corrected chi connectivity index (χ4v) is 3.15. The van der Waals surface area contributed by atoms with Gasteiger partial charge in [-0.25, -0.2) is 0 Å². The largest absolute Gasteiger partial charge is 0.379 e. The molecule has 1 aromatic carbocycles. The molecule has 0 amide bonds.